The Kier molecular flexibility index (Phi) is 3.92. The Bertz CT molecular complexity index is 363. The van der Waals surface area contributed by atoms with E-state index in [1.807, 2.05) is 19.1 Å². The second kappa shape index (κ2) is 5.20. The summed E-state index contributed by atoms with van der Waals surface area (Å²) >= 11 is 0. The van der Waals surface area contributed by atoms with E-state index >= 15 is 0 Å². The third-order valence-electron chi connectivity index (χ3n) is 1.99. The van der Waals surface area contributed by atoms with Gasteiger partial charge in [-0.15, -0.1) is 0 Å². The van der Waals surface area contributed by atoms with Crippen molar-refractivity contribution in [3.63, 3.8) is 0 Å². The maximum atomic E-state index is 11.4. The summed E-state index contributed by atoms with van der Waals surface area (Å²) in [4.78, 5) is 11.4. The van der Waals surface area contributed by atoms with E-state index in [1.54, 1.807) is 19.1 Å². The molecule has 1 N–H and O–H groups in total. The number of aliphatic hydroxyl groups excluding tert-OH is 1. The first-order valence-electron chi connectivity index (χ1n) is 4.77. The topological polar surface area (TPSA) is 46.5 Å². The van der Waals surface area contributed by atoms with Crippen LogP contribution in [-0.4, -0.2) is 17.7 Å². The lowest BCUT2D eigenvalue weighted by Gasteiger charge is -2.05. The molecule has 0 amide bonds. The largest absolute Gasteiger partial charge is 0.515 e. The highest BCUT2D eigenvalue weighted by Gasteiger charge is 2.12. The number of ether oxygens (including phenoxy) is 1. The molecule has 0 fully saturated rings. The molecule has 0 aliphatic heterocycles. The van der Waals surface area contributed by atoms with Crippen molar-refractivity contribution in [3.05, 3.63) is 41.7 Å². The van der Waals surface area contributed by atoms with Crippen LogP contribution < -0.4 is 0 Å². The van der Waals surface area contributed by atoms with Crippen molar-refractivity contribution in [1.82, 2.24) is 0 Å². The van der Waals surface area contributed by atoms with Gasteiger partial charge in [0.1, 0.15) is 5.57 Å². The zero-order valence-electron chi connectivity index (χ0n) is 8.86. The zero-order chi connectivity index (χ0) is 11.3. The Morgan fingerprint density at radius 3 is 2.47 bits per heavy atom. The van der Waals surface area contributed by atoms with E-state index in [2.05, 4.69) is 0 Å². The Hall–Kier alpha value is -1.77. The van der Waals surface area contributed by atoms with E-state index in [0.717, 1.165) is 11.8 Å². The Labute approximate surface area is 89.0 Å². The molecule has 0 spiro atoms. The van der Waals surface area contributed by atoms with Crippen molar-refractivity contribution in [3.8, 4) is 0 Å². The Morgan fingerprint density at radius 1 is 1.40 bits per heavy atom. The van der Waals surface area contributed by atoms with Gasteiger partial charge in [0.15, 0.2) is 0 Å². The van der Waals surface area contributed by atoms with Gasteiger partial charge in [-0.2, -0.15) is 0 Å². The summed E-state index contributed by atoms with van der Waals surface area (Å²) in [6.45, 7) is 3.97. The van der Waals surface area contributed by atoms with Crippen LogP contribution in [0.2, 0.25) is 0 Å². The van der Waals surface area contributed by atoms with Gasteiger partial charge >= 0.3 is 5.97 Å². The maximum absolute atomic E-state index is 11.4. The molecule has 0 radical (unpaired) electrons. The minimum atomic E-state index is -0.510. The monoisotopic (exact) mass is 206 g/mol. The fourth-order valence-electron chi connectivity index (χ4n) is 1.19. The van der Waals surface area contributed by atoms with Crippen molar-refractivity contribution in [2.24, 2.45) is 0 Å². The second-order valence-corrected chi connectivity index (χ2v) is 3.13. The number of aryl methyl sites for hydroxylation is 1. The van der Waals surface area contributed by atoms with Gasteiger partial charge in [-0.3, -0.25) is 0 Å². The van der Waals surface area contributed by atoms with E-state index in [-0.39, 0.29) is 5.57 Å². The summed E-state index contributed by atoms with van der Waals surface area (Å²) in [5, 5.41) is 8.98. The number of esters is 1. The quantitative estimate of drug-likeness (QED) is 0.469. The molecule has 0 bridgehead atoms. The standard InChI is InChI=1S/C12H14O3/c1-3-15-12(14)11(8-13)10-6-4-9(2)5-7-10/h4-8,13H,3H2,1-2H3/b11-8+. The van der Waals surface area contributed by atoms with Gasteiger partial charge in [-0.05, 0) is 19.4 Å². The summed E-state index contributed by atoms with van der Waals surface area (Å²) < 4.78 is 4.81. The van der Waals surface area contributed by atoms with Gasteiger partial charge < -0.3 is 9.84 Å². The second-order valence-electron chi connectivity index (χ2n) is 3.13. The molecule has 0 heterocycles. The molecule has 1 aromatic carbocycles. The average molecular weight is 206 g/mol. The van der Waals surface area contributed by atoms with Gasteiger partial charge in [-0.25, -0.2) is 4.79 Å². The lowest BCUT2D eigenvalue weighted by Crippen LogP contribution is -2.06. The van der Waals surface area contributed by atoms with Crippen LogP contribution in [0.15, 0.2) is 30.5 Å². The van der Waals surface area contributed by atoms with Crippen LogP contribution in [0, 0.1) is 6.92 Å². The summed E-state index contributed by atoms with van der Waals surface area (Å²) in [7, 11) is 0. The Balaban J connectivity index is 2.94. The average Bonchev–Trinajstić information content (AvgIpc) is 2.22. The van der Waals surface area contributed by atoms with Crippen LogP contribution in [-0.2, 0) is 9.53 Å². The minimum Gasteiger partial charge on any atom is -0.515 e. The predicted octanol–water partition coefficient (Wildman–Crippen LogP) is 2.46. The summed E-state index contributed by atoms with van der Waals surface area (Å²) in [5.41, 5.74) is 1.93. The highest BCUT2D eigenvalue weighted by Crippen LogP contribution is 2.16. The van der Waals surface area contributed by atoms with Crippen molar-refractivity contribution < 1.29 is 14.6 Å². The third-order valence-corrected chi connectivity index (χ3v) is 1.99. The maximum Gasteiger partial charge on any atom is 0.341 e. The molecule has 3 nitrogen and oxygen atoms in total. The van der Waals surface area contributed by atoms with Crippen molar-refractivity contribution in [2.45, 2.75) is 13.8 Å². The van der Waals surface area contributed by atoms with Gasteiger partial charge in [-0.1, -0.05) is 29.8 Å². The highest BCUT2D eigenvalue weighted by atomic mass is 16.5. The number of benzene rings is 1. The van der Waals surface area contributed by atoms with E-state index in [4.69, 9.17) is 9.84 Å². The molecule has 0 unspecified atom stereocenters. The molecule has 80 valence electrons. The van der Waals surface area contributed by atoms with Crippen LogP contribution in [0.4, 0.5) is 0 Å². The first-order valence-corrected chi connectivity index (χ1v) is 4.77. The lowest BCUT2D eigenvalue weighted by atomic mass is 10.1. The molecule has 1 rings (SSSR count). The number of hydrogen-bond acceptors (Lipinski definition) is 3. The van der Waals surface area contributed by atoms with Crippen molar-refractivity contribution in [1.29, 1.82) is 0 Å². The normalized spacial score (nSPS) is 11.2. The van der Waals surface area contributed by atoms with Crippen LogP contribution in [0.25, 0.3) is 5.57 Å². The van der Waals surface area contributed by atoms with Gasteiger partial charge in [0, 0.05) is 0 Å². The summed E-state index contributed by atoms with van der Waals surface area (Å²) in [5.74, 6) is -0.510. The summed E-state index contributed by atoms with van der Waals surface area (Å²) in [6.07, 6.45) is 0.780. The van der Waals surface area contributed by atoms with Crippen molar-refractivity contribution >= 4 is 11.5 Å². The molecule has 1 aromatic rings. The molecule has 0 aliphatic rings. The SMILES string of the molecule is CCOC(=O)/C(=C/O)c1ccc(C)cc1. The molecule has 0 aromatic heterocycles. The lowest BCUT2D eigenvalue weighted by molar-refractivity contribution is -0.136. The highest BCUT2D eigenvalue weighted by molar-refractivity contribution is 6.16. The van der Waals surface area contributed by atoms with Gasteiger partial charge in [0.2, 0.25) is 0 Å². The Morgan fingerprint density at radius 2 is 2.00 bits per heavy atom. The predicted molar refractivity (Wildman–Crippen MR) is 58.4 cm³/mol. The third kappa shape index (κ3) is 2.84. The molecule has 0 saturated heterocycles. The molecule has 0 atom stereocenters. The first-order chi connectivity index (χ1) is 7.19. The number of carbonyl (C=O) groups excluding carboxylic acids is 1. The van der Waals surface area contributed by atoms with Crippen molar-refractivity contribution in [2.75, 3.05) is 6.61 Å². The van der Waals surface area contributed by atoms with E-state index in [1.165, 1.54) is 0 Å². The van der Waals surface area contributed by atoms with E-state index < -0.39 is 5.97 Å². The molecular formula is C12H14O3. The van der Waals surface area contributed by atoms with E-state index in [9.17, 15) is 4.79 Å². The number of carbonyl (C=O) groups is 1. The molecule has 0 aliphatic carbocycles. The molecule has 0 saturated carbocycles. The first kappa shape index (κ1) is 11.3. The fraction of sp³-hybridized carbons (Fsp3) is 0.250. The van der Waals surface area contributed by atoms with Gasteiger partial charge in [0.25, 0.3) is 0 Å². The van der Waals surface area contributed by atoms with E-state index in [0.29, 0.717) is 12.2 Å². The molecule has 15 heavy (non-hydrogen) atoms. The smallest absolute Gasteiger partial charge is 0.341 e. The van der Waals surface area contributed by atoms with Crippen LogP contribution in [0.3, 0.4) is 0 Å². The zero-order valence-corrected chi connectivity index (χ0v) is 8.86. The van der Waals surface area contributed by atoms with Crippen LogP contribution in [0.5, 0.6) is 0 Å². The van der Waals surface area contributed by atoms with Gasteiger partial charge in [0.05, 0.1) is 12.9 Å². The number of hydrogen-bond donors (Lipinski definition) is 1. The summed E-state index contributed by atoms with van der Waals surface area (Å²) in [6, 6.07) is 7.29. The van der Waals surface area contributed by atoms with Crippen LogP contribution >= 0.6 is 0 Å². The number of rotatable bonds is 3. The van der Waals surface area contributed by atoms with Crippen LogP contribution in [0.1, 0.15) is 18.1 Å². The number of aliphatic hydroxyl groups is 1. The fourth-order valence-corrected chi connectivity index (χ4v) is 1.19. The molecule has 3 heteroatoms. The molecular weight excluding hydrogens is 192 g/mol. The minimum absolute atomic E-state index is 0.178.